The lowest BCUT2D eigenvalue weighted by molar-refractivity contribution is -0.139. The maximum Gasteiger partial charge on any atom is 0.264 e. The van der Waals surface area contributed by atoms with E-state index in [1.807, 2.05) is 0 Å². The van der Waals surface area contributed by atoms with Gasteiger partial charge >= 0.3 is 0 Å². The van der Waals surface area contributed by atoms with Gasteiger partial charge < -0.3 is 30.2 Å². The fourth-order valence-corrected chi connectivity index (χ4v) is 4.29. The van der Waals surface area contributed by atoms with Gasteiger partial charge in [0, 0.05) is 50.2 Å². The number of carbonyl (C=O) groups excluding carboxylic acids is 1. The van der Waals surface area contributed by atoms with Gasteiger partial charge in [0.05, 0.1) is 17.6 Å². The zero-order chi connectivity index (χ0) is 25.5. The first-order valence-corrected chi connectivity index (χ1v) is 12.1. The quantitative estimate of drug-likeness (QED) is 0.348. The van der Waals surface area contributed by atoms with Crippen molar-refractivity contribution < 1.29 is 23.4 Å². The van der Waals surface area contributed by atoms with Crippen LogP contribution in [0.3, 0.4) is 0 Å². The number of methoxy groups -OCH3 is 2. The molecule has 2 aromatic carbocycles. The average Bonchev–Trinajstić information content (AvgIpc) is 2.89. The molecule has 1 saturated heterocycles. The van der Waals surface area contributed by atoms with Gasteiger partial charge in [-0.2, -0.15) is 0 Å². The minimum Gasteiger partial charge on any atom is -0.493 e. The molecule has 9 nitrogen and oxygen atoms in total. The van der Waals surface area contributed by atoms with E-state index in [2.05, 4.69) is 25.9 Å². The molecule has 3 aromatic rings. The molecule has 0 unspecified atom stereocenters. The Morgan fingerprint density at radius 3 is 2.69 bits per heavy atom. The molecule has 0 atom stereocenters. The third-order valence-electron chi connectivity index (χ3n) is 6.04. The Hall–Kier alpha value is -3.21. The molecule has 1 fully saturated rings. The van der Waals surface area contributed by atoms with E-state index in [1.54, 1.807) is 25.3 Å². The molecule has 1 aromatic heterocycles. The second kappa shape index (κ2) is 11.7. The summed E-state index contributed by atoms with van der Waals surface area (Å²) in [4.78, 5) is 22.0. The summed E-state index contributed by atoms with van der Waals surface area (Å²) in [6, 6.07) is 7.81. The summed E-state index contributed by atoms with van der Waals surface area (Å²) in [6.07, 6.45) is 3.11. The van der Waals surface area contributed by atoms with Crippen molar-refractivity contribution in [2.24, 2.45) is 0 Å². The molecule has 3 N–H and O–H groups in total. The second-order valence-corrected chi connectivity index (χ2v) is 8.85. The summed E-state index contributed by atoms with van der Waals surface area (Å²) in [7, 11) is 3.16. The van der Waals surface area contributed by atoms with Crippen LogP contribution in [-0.4, -0.2) is 61.9 Å². The molecule has 0 spiro atoms. The smallest absolute Gasteiger partial charge is 0.264 e. The highest BCUT2D eigenvalue weighted by atomic mass is 35.5. The number of halogens is 2. The van der Waals surface area contributed by atoms with Crippen LogP contribution in [0.25, 0.3) is 10.9 Å². The molecule has 0 bridgehead atoms. The fourth-order valence-electron chi connectivity index (χ4n) is 4.11. The van der Waals surface area contributed by atoms with E-state index in [4.69, 9.17) is 25.8 Å². The number of amides is 1. The number of carbonyl (C=O) groups is 1. The lowest BCUT2D eigenvalue weighted by Gasteiger charge is -2.37. The molecule has 0 aliphatic carbocycles. The van der Waals surface area contributed by atoms with Crippen molar-refractivity contribution >= 4 is 39.9 Å². The van der Waals surface area contributed by atoms with E-state index in [0.29, 0.717) is 79.4 Å². The van der Waals surface area contributed by atoms with Gasteiger partial charge in [-0.1, -0.05) is 11.6 Å². The van der Waals surface area contributed by atoms with Gasteiger partial charge in [0.15, 0.2) is 17.1 Å². The summed E-state index contributed by atoms with van der Waals surface area (Å²) in [6.45, 7) is 2.33. The number of nitrogens with one attached hydrogen (secondary N) is 3. The molecule has 1 aliphatic rings. The van der Waals surface area contributed by atoms with Crippen LogP contribution in [0.1, 0.15) is 19.3 Å². The molecule has 4 rings (SSSR count). The summed E-state index contributed by atoms with van der Waals surface area (Å²) >= 11 is 5.94. The van der Waals surface area contributed by atoms with E-state index < -0.39 is 11.4 Å². The molecule has 11 heteroatoms. The van der Waals surface area contributed by atoms with Crippen molar-refractivity contribution in [2.75, 3.05) is 45.8 Å². The molecule has 1 aliphatic heterocycles. The monoisotopic (exact) mass is 517 g/mol. The molecule has 192 valence electrons. The zero-order valence-corrected chi connectivity index (χ0v) is 21.0. The Morgan fingerprint density at radius 1 is 1.17 bits per heavy atom. The van der Waals surface area contributed by atoms with Crippen LogP contribution in [0.15, 0.2) is 36.7 Å². The number of ether oxygens (including phenoxy) is 3. The summed E-state index contributed by atoms with van der Waals surface area (Å²) in [5.41, 5.74) is 0.103. The van der Waals surface area contributed by atoms with Crippen molar-refractivity contribution in [1.29, 1.82) is 0 Å². The van der Waals surface area contributed by atoms with Gasteiger partial charge in [-0.15, -0.1) is 0 Å². The third-order valence-corrected chi connectivity index (χ3v) is 6.33. The summed E-state index contributed by atoms with van der Waals surface area (Å²) < 4.78 is 30.7. The Balaban J connectivity index is 1.67. The minimum absolute atomic E-state index is 0.00610. The van der Waals surface area contributed by atoms with Gasteiger partial charge in [0.2, 0.25) is 0 Å². The predicted octanol–water partition coefficient (Wildman–Crippen LogP) is 3.83. The van der Waals surface area contributed by atoms with Crippen molar-refractivity contribution in [1.82, 2.24) is 20.6 Å². The highest BCUT2D eigenvalue weighted by Gasteiger charge is 2.42. The van der Waals surface area contributed by atoms with Crippen LogP contribution in [0, 0.1) is 5.82 Å². The topological polar surface area (TPSA) is 107 Å². The normalized spacial score (nSPS) is 14.9. The number of nitrogens with zero attached hydrogens (tertiary/aromatic N) is 2. The van der Waals surface area contributed by atoms with Crippen molar-refractivity contribution in [2.45, 2.75) is 24.9 Å². The van der Waals surface area contributed by atoms with Crippen LogP contribution in [0.2, 0.25) is 5.02 Å². The molecule has 36 heavy (non-hydrogen) atoms. The number of hydrogen-bond donors (Lipinski definition) is 3. The lowest BCUT2D eigenvalue weighted by atomic mass is 9.90. The largest absolute Gasteiger partial charge is 0.493 e. The van der Waals surface area contributed by atoms with Crippen LogP contribution in [-0.2, 0) is 9.53 Å². The molecular weight excluding hydrogens is 489 g/mol. The number of benzene rings is 2. The van der Waals surface area contributed by atoms with Crippen LogP contribution < -0.4 is 25.4 Å². The van der Waals surface area contributed by atoms with Gasteiger partial charge in [-0.25, -0.2) is 14.4 Å². The first kappa shape index (κ1) is 25.9. The number of fused-ring (bicyclic) bond motifs is 1. The predicted molar refractivity (Wildman–Crippen MR) is 136 cm³/mol. The van der Waals surface area contributed by atoms with E-state index in [1.165, 1.54) is 25.6 Å². The van der Waals surface area contributed by atoms with E-state index in [-0.39, 0.29) is 10.9 Å². The highest BCUT2D eigenvalue weighted by molar-refractivity contribution is 6.31. The average molecular weight is 518 g/mol. The Kier molecular flexibility index (Phi) is 8.40. The lowest BCUT2D eigenvalue weighted by Crippen LogP contribution is -2.56. The van der Waals surface area contributed by atoms with Gasteiger partial charge in [-0.3, -0.25) is 4.79 Å². The zero-order valence-electron chi connectivity index (χ0n) is 20.2. The molecule has 1 amide bonds. The van der Waals surface area contributed by atoms with E-state index >= 15 is 0 Å². The second-order valence-electron chi connectivity index (χ2n) is 8.44. The maximum atomic E-state index is 13.6. The summed E-state index contributed by atoms with van der Waals surface area (Å²) in [5.74, 6) is 0.628. The minimum atomic E-state index is -1.06. The van der Waals surface area contributed by atoms with E-state index in [9.17, 15) is 9.18 Å². The standard InChI is InChI=1S/C25H29ClFN5O4/c1-34-11-3-8-29-24(33)25(6-9-28-10-7-25)36-22-13-17-20(14-21(22)35-2)30-15-31-23(17)32-16-4-5-19(27)18(26)12-16/h4-5,12-15,28H,3,6-11H2,1-2H3,(H,29,33)(H,30,31,32). The Labute approximate surface area is 213 Å². The molecule has 0 radical (unpaired) electrons. The molecular formula is C25H29ClFN5O4. The number of hydrogen-bond acceptors (Lipinski definition) is 8. The van der Waals surface area contributed by atoms with Crippen molar-refractivity contribution in [3.05, 3.63) is 47.5 Å². The number of aromatic nitrogens is 2. The Morgan fingerprint density at radius 2 is 1.97 bits per heavy atom. The third kappa shape index (κ3) is 5.77. The number of anilines is 2. The van der Waals surface area contributed by atoms with Gasteiger partial charge in [0.1, 0.15) is 18.0 Å². The van der Waals surface area contributed by atoms with Crippen LogP contribution in [0.5, 0.6) is 11.5 Å². The molecule has 2 heterocycles. The molecule has 0 saturated carbocycles. The number of rotatable bonds is 10. The van der Waals surface area contributed by atoms with E-state index in [0.717, 1.165) is 0 Å². The first-order valence-electron chi connectivity index (χ1n) is 11.7. The maximum absolute atomic E-state index is 13.6. The highest BCUT2D eigenvalue weighted by Crippen LogP contribution is 2.38. The van der Waals surface area contributed by atoms with Gasteiger partial charge in [0.25, 0.3) is 5.91 Å². The summed E-state index contributed by atoms with van der Waals surface area (Å²) in [5, 5.41) is 10.1. The van der Waals surface area contributed by atoms with Crippen molar-refractivity contribution in [3.8, 4) is 11.5 Å². The SMILES string of the molecule is COCCCNC(=O)C1(Oc2cc3c(Nc4ccc(F)c(Cl)c4)ncnc3cc2OC)CCNCC1. The Bertz CT molecular complexity index is 1220. The van der Waals surface area contributed by atoms with Crippen molar-refractivity contribution in [3.63, 3.8) is 0 Å². The van der Waals surface area contributed by atoms with Crippen LogP contribution in [0.4, 0.5) is 15.9 Å². The number of piperidine rings is 1. The first-order chi connectivity index (χ1) is 17.5. The fraction of sp³-hybridized carbons (Fsp3) is 0.400. The van der Waals surface area contributed by atoms with Gasteiger partial charge in [-0.05, 0) is 43.8 Å². The van der Waals surface area contributed by atoms with Crippen LogP contribution >= 0.6 is 11.6 Å².